The van der Waals surface area contributed by atoms with E-state index in [-0.39, 0.29) is 46.0 Å². The first kappa shape index (κ1) is 35.6. The number of nitriles is 4. The molecule has 0 aliphatic heterocycles. The Bertz CT molecular complexity index is 2840. The third-order valence-electron chi connectivity index (χ3n) is 8.67. The molecular formula is C44H21N9. The Hall–Kier alpha value is -8.75. The van der Waals surface area contributed by atoms with Crippen LogP contribution in [-0.4, -0.2) is 0 Å². The lowest BCUT2D eigenvalue weighted by Crippen LogP contribution is -2.30. The van der Waals surface area contributed by atoms with E-state index in [2.05, 4.69) is 48.5 Å². The molecular weight excluding hydrogens is 655 g/mol. The highest BCUT2D eigenvalue weighted by Gasteiger charge is 2.27. The van der Waals surface area contributed by atoms with Crippen molar-refractivity contribution in [3.8, 4) is 46.5 Å². The van der Waals surface area contributed by atoms with Crippen molar-refractivity contribution in [1.82, 2.24) is 0 Å². The zero-order valence-corrected chi connectivity index (χ0v) is 28.0. The summed E-state index contributed by atoms with van der Waals surface area (Å²) in [6.07, 6.45) is 0.160. The summed E-state index contributed by atoms with van der Waals surface area (Å²) >= 11 is 0. The lowest BCUT2D eigenvalue weighted by Gasteiger charge is -2.22. The van der Waals surface area contributed by atoms with Crippen LogP contribution in [0.5, 0.6) is 0 Å². The standard InChI is InChI=1S/C44H21N9/c1-27-19-31(13-14-33(27)24-46)40-37(21-29-11-16-35(49-2)17-12-29)43(44(52-5)53-6)41(32-15-18-38(50-3)39(22-32)51-4)36(42(40)34(25-47)26-48)20-28-7-9-30(23-45)10-8-28/h7-19,22H,20-21H2,1H3. The van der Waals surface area contributed by atoms with E-state index in [1.807, 2.05) is 0 Å². The summed E-state index contributed by atoms with van der Waals surface area (Å²) in [6, 6.07) is 31.7. The molecule has 9 heteroatoms. The minimum atomic E-state index is -0.305. The van der Waals surface area contributed by atoms with E-state index in [9.17, 15) is 21.0 Å². The van der Waals surface area contributed by atoms with Gasteiger partial charge in [-0.2, -0.15) is 30.7 Å². The normalized spacial score (nSPS) is 9.58. The second kappa shape index (κ2) is 15.6. The van der Waals surface area contributed by atoms with Gasteiger partial charge in [0, 0.05) is 5.22 Å². The first-order valence-corrected chi connectivity index (χ1v) is 15.7. The van der Waals surface area contributed by atoms with E-state index in [0.717, 1.165) is 0 Å². The second-order valence-corrected chi connectivity index (χ2v) is 11.6. The number of hydrogen-bond acceptors (Lipinski definition) is 4. The lowest BCUT2D eigenvalue weighted by molar-refractivity contribution is 1.12. The van der Waals surface area contributed by atoms with E-state index in [1.165, 1.54) is 12.1 Å². The summed E-state index contributed by atoms with van der Waals surface area (Å²) in [4.78, 5) is 17.9. The maximum atomic E-state index is 10.6. The Morgan fingerprint density at radius 2 is 1.13 bits per heavy atom. The molecule has 0 aliphatic carbocycles. The van der Waals surface area contributed by atoms with Crippen LogP contribution in [0.2, 0.25) is 0 Å². The molecule has 0 radical (unpaired) electrons. The quantitative estimate of drug-likeness (QED) is 0.167. The van der Waals surface area contributed by atoms with Crippen LogP contribution in [-0.2, 0) is 12.8 Å². The Labute approximate surface area is 306 Å². The van der Waals surface area contributed by atoms with Crippen LogP contribution in [0.4, 0.5) is 17.1 Å². The fraction of sp³-hybridized carbons (Fsp3) is 0.0682. The molecule has 242 valence electrons. The van der Waals surface area contributed by atoms with Gasteiger partial charge in [-0.25, -0.2) is 4.85 Å². The van der Waals surface area contributed by atoms with Crippen molar-refractivity contribution >= 4 is 28.5 Å². The van der Waals surface area contributed by atoms with E-state index in [1.54, 1.807) is 79.7 Å². The summed E-state index contributed by atoms with van der Waals surface area (Å²) in [5.41, 5.74) is 5.61. The highest BCUT2D eigenvalue weighted by molar-refractivity contribution is 5.90. The fourth-order valence-corrected chi connectivity index (χ4v) is 6.24. The van der Waals surface area contributed by atoms with Crippen LogP contribution < -0.4 is 10.4 Å². The molecule has 0 bridgehead atoms. The van der Waals surface area contributed by atoms with Gasteiger partial charge in [-0.15, -0.1) is 0 Å². The van der Waals surface area contributed by atoms with Gasteiger partial charge < -0.3 is 0 Å². The van der Waals surface area contributed by atoms with Crippen LogP contribution in [0.1, 0.15) is 38.9 Å². The van der Waals surface area contributed by atoms with Crippen molar-refractivity contribution in [3.63, 3.8) is 0 Å². The topological polar surface area (TPSA) is 117 Å². The Morgan fingerprint density at radius 1 is 0.585 bits per heavy atom. The van der Waals surface area contributed by atoms with E-state index in [4.69, 9.17) is 32.9 Å². The van der Waals surface area contributed by atoms with Gasteiger partial charge in [0.2, 0.25) is 0 Å². The van der Waals surface area contributed by atoms with Gasteiger partial charge in [0.25, 0.3) is 0 Å². The molecule has 5 aromatic rings. The smallest absolute Gasteiger partial charge is 0.250 e. The molecule has 0 N–H and O–H groups in total. The van der Waals surface area contributed by atoms with Crippen LogP contribution in [0.3, 0.4) is 0 Å². The van der Waals surface area contributed by atoms with Crippen LogP contribution in [0.15, 0.2) is 84.9 Å². The fourth-order valence-electron chi connectivity index (χ4n) is 6.24. The SMILES string of the molecule is [C-]#[N+]C([N+]#[C-])=c1c(Cc2ccc([N+]#[C-])cc2)c(-c2ccc(C#N)c(C)c2)c(=C(C#N)C#N)c(Cc2ccc(C#N)cc2)c1-c1ccc([N+]#[C-])c([N+]#[C-])c1. The maximum Gasteiger partial charge on any atom is 0.527 e. The Kier molecular flexibility index (Phi) is 10.5. The van der Waals surface area contributed by atoms with Crippen molar-refractivity contribution in [1.29, 1.82) is 21.0 Å². The molecule has 9 nitrogen and oxygen atoms in total. The van der Waals surface area contributed by atoms with Gasteiger partial charge in [0.05, 0.1) is 48.2 Å². The van der Waals surface area contributed by atoms with Gasteiger partial charge >= 0.3 is 5.82 Å². The summed E-state index contributed by atoms with van der Waals surface area (Å²) < 4.78 is 0. The van der Waals surface area contributed by atoms with Crippen molar-refractivity contribution in [2.24, 2.45) is 0 Å². The molecule has 0 amide bonds. The molecule has 0 fully saturated rings. The molecule has 5 aromatic carbocycles. The molecule has 0 unspecified atom stereocenters. The predicted molar refractivity (Wildman–Crippen MR) is 199 cm³/mol. The molecule has 0 aromatic heterocycles. The second-order valence-electron chi connectivity index (χ2n) is 11.6. The van der Waals surface area contributed by atoms with Crippen molar-refractivity contribution in [2.45, 2.75) is 19.8 Å². The molecule has 0 saturated carbocycles. The minimum absolute atomic E-state index is 0.0364. The van der Waals surface area contributed by atoms with Crippen LogP contribution in [0.25, 0.3) is 57.9 Å². The Balaban J connectivity index is 2.18. The molecule has 5 rings (SSSR count). The van der Waals surface area contributed by atoms with Gasteiger partial charge in [-0.05, 0) is 88.0 Å². The van der Waals surface area contributed by atoms with Crippen LogP contribution in [0, 0.1) is 85.1 Å². The van der Waals surface area contributed by atoms with Crippen molar-refractivity contribution in [3.05, 3.63) is 191 Å². The van der Waals surface area contributed by atoms with Crippen molar-refractivity contribution < 1.29 is 0 Å². The first-order chi connectivity index (χ1) is 25.8. The average molecular weight is 676 g/mol. The van der Waals surface area contributed by atoms with Gasteiger partial charge in [-0.3, -0.25) is 9.69 Å². The van der Waals surface area contributed by atoms with Gasteiger partial charge in [0.15, 0.2) is 17.1 Å². The van der Waals surface area contributed by atoms with Crippen LogP contribution >= 0.6 is 0 Å². The van der Waals surface area contributed by atoms with E-state index < -0.39 is 0 Å². The van der Waals surface area contributed by atoms with E-state index in [0.29, 0.717) is 66.9 Å². The average Bonchev–Trinajstić information content (AvgIpc) is 3.20. The zero-order valence-electron chi connectivity index (χ0n) is 28.0. The Morgan fingerprint density at radius 3 is 1.64 bits per heavy atom. The van der Waals surface area contributed by atoms with E-state index >= 15 is 0 Å². The summed E-state index contributed by atoms with van der Waals surface area (Å²) in [5.74, 6) is -0.305. The predicted octanol–water partition coefficient (Wildman–Crippen LogP) is 9.01. The molecule has 0 heterocycles. The maximum absolute atomic E-state index is 10.6. The summed E-state index contributed by atoms with van der Waals surface area (Å²) in [5, 5.41) is 40.9. The molecule has 0 aliphatic rings. The molecule has 0 spiro atoms. The first-order valence-electron chi connectivity index (χ1n) is 15.7. The monoisotopic (exact) mass is 675 g/mol. The number of hydrogen-bond donors (Lipinski definition) is 0. The molecule has 0 atom stereocenters. The summed E-state index contributed by atoms with van der Waals surface area (Å²) in [6.45, 7) is 41.1. The summed E-state index contributed by atoms with van der Waals surface area (Å²) in [7, 11) is 0. The lowest BCUT2D eigenvalue weighted by atomic mass is 9.80. The highest BCUT2D eigenvalue weighted by atomic mass is 14.9. The number of nitrogens with zero attached hydrogens (tertiary/aromatic N) is 9. The number of aryl methyl sites for hydroxylation is 1. The third kappa shape index (κ3) is 6.90. The molecule has 53 heavy (non-hydrogen) atoms. The van der Waals surface area contributed by atoms with Gasteiger partial charge in [-0.1, -0.05) is 66.7 Å². The minimum Gasteiger partial charge on any atom is -0.250 e. The number of rotatable bonds is 6. The largest absolute Gasteiger partial charge is 0.527 e. The zero-order chi connectivity index (χ0) is 38.1. The number of benzene rings is 5. The third-order valence-corrected chi connectivity index (χ3v) is 8.67. The highest BCUT2D eigenvalue weighted by Crippen LogP contribution is 2.36. The van der Waals surface area contributed by atoms with Gasteiger partial charge in [0.1, 0.15) is 30.9 Å². The molecule has 0 saturated heterocycles. The van der Waals surface area contributed by atoms with Crippen molar-refractivity contribution in [2.75, 3.05) is 0 Å².